The van der Waals surface area contributed by atoms with E-state index in [1.54, 1.807) is 0 Å². The van der Waals surface area contributed by atoms with Crippen LogP contribution in [0.5, 0.6) is 5.75 Å². The van der Waals surface area contributed by atoms with Gasteiger partial charge < -0.3 is 4.74 Å². The Morgan fingerprint density at radius 3 is 2.17 bits per heavy atom. The van der Waals surface area contributed by atoms with Gasteiger partial charge in [0.25, 0.3) is 0 Å². The lowest BCUT2D eigenvalue weighted by Gasteiger charge is -2.16. The Hall–Kier alpha value is -0.260. The fraction of sp³-hybridized carbons (Fsp3) is 0.375. The maximum atomic E-state index is 12.5. The molecule has 0 aliphatic heterocycles. The second kappa shape index (κ2) is 5.39. The highest BCUT2D eigenvalue weighted by Gasteiger charge is 2.39. The summed E-state index contributed by atoms with van der Waals surface area (Å²) in [5.74, 6) is -0.887. The first-order chi connectivity index (χ1) is 8.06. The van der Waals surface area contributed by atoms with Crippen LogP contribution in [0.4, 0.5) is 26.3 Å². The summed E-state index contributed by atoms with van der Waals surface area (Å²) in [6.07, 6.45) is -9.22. The Kier molecular flexibility index (Phi) is 4.73. The van der Waals surface area contributed by atoms with Crippen molar-refractivity contribution in [2.45, 2.75) is 17.9 Å². The van der Waals surface area contributed by atoms with E-state index in [1.165, 1.54) is 0 Å². The number of ether oxygens (including phenoxy) is 1. The van der Waals surface area contributed by atoms with Gasteiger partial charge >= 0.3 is 12.5 Å². The molecule has 0 unspecified atom stereocenters. The van der Waals surface area contributed by atoms with Gasteiger partial charge in [-0.05, 0) is 22.6 Å². The molecule has 0 amide bonds. The summed E-state index contributed by atoms with van der Waals surface area (Å²) in [6.45, 7) is 0. The minimum Gasteiger partial charge on any atom is -0.404 e. The summed E-state index contributed by atoms with van der Waals surface area (Å²) in [5.41, 5.74) is -1.53. The van der Waals surface area contributed by atoms with Crippen LogP contribution in [-0.4, -0.2) is 11.3 Å². The van der Waals surface area contributed by atoms with Crippen molar-refractivity contribution in [1.29, 1.82) is 0 Å². The molecule has 1 aromatic rings. The van der Waals surface area contributed by atoms with Crippen LogP contribution in [0.2, 0.25) is 0 Å². The Balaban J connectivity index is 3.37. The zero-order valence-corrected chi connectivity index (χ0v) is 11.9. The summed E-state index contributed by atoms with van der Waals surface area (Å²) in [6, 6.07) is 0. The van der Waals surface area contributed by atoms with E-state index < -0.39 is 27.6 Å². The van der Waals surface area contributed by atoms with E-state index in [9.17, 15) is 26.3 Å². The van der Waals surface area contributed by atoms with Crippen molar-refractivity contribution in [2.75, 3.05) is 0 Å². The minimum atomic E-state index is -5.07. The van der Waals surface area contributed by atoms with Crippen molar-refractivity contribution in [3.8, 4) is 5.75 Å². The average Bonchev–Trinajstić information content (AvgIpc) is 2.17. The molecule has 0 fully saturated rings. The lowest BCUT2D eigenvalue weighted by molar-refractivity contribution is -0.275. The number of aromatic nitrogens is 1. The van der Waals surface area contributed by atoms with Gasteiger partial charge in [0.1, 0.15) is 0 Å². The third kappa shape index (κ3) is 3.87. The van der Waals surface area contributed by atoms with Gasteiger partial charge in [-0.25, -0.2) is 0 Å². The molecule has 0 aromatic carbocycles. The maximum absolute atomic E-state index is 12.5. The molecule has 0 saturated heterocycles. The zero-order valence-electron chi connectivity index (χ0n) is 8.16. The van der Waals surface area contributed by atoms with Crippen molar-refractivity contribution in [2.24, 2.45) is 0 Å². The molecular formula is C8H3BrF6INO. The quantitative estimate of drug-likeness (QED) is 0.377. The fourth-order valence-corrected chi connectivity index (χ4v) is 2.33. The van der Waals surface area contributed by atoms with Crippen molar-refractivity contribution >= 4 is 38.5 Å². The average molecular weight is 450 g/mol. The largest absolute Gasteiger partial charge is 0.573 e. The zero-order chi connectivity index (χ0) is 14.1. The molecule has 0 radical (unpaired) electrons. The van der Waals surface area contributed by atoms with E-state index in [0.29, 0.717) is 6.20 Å². The van der Waals surface area contributed by atoms with Gasteiger partial charge in [-0.3, -0.25) is 4.98 Å². The maximum Gasteiger partial charge on any atom is 0.573 e. The van der Waals surface area contributed by atoms with Crippen LogP contribution in [0.1, 0.15) is 11.3 Å². The Labute approximate surface area is 119 Å². The lowest BCUT2D eigenvalue weighted by Crippen LogP contribution is -2.21. The van der Waals surface area contributed by atoms with E-state index in [1.807, 2.05) is 0 Å². The third-order valence-electron chi connectivity index (χ3n) is 1.68. The van der Waals surface area contributed by atoms with E-state index in [0.717, 1.165) is 22.6 Å². The second-order valence-corrected chi connectivity index (χ2v) is 4.59. The number of pyridine rings is 1. The Morgan fingerprint density at radius 1 is 1.22 bits per heavy atom. The standard InChI is InChI=1S/C8H3BrF6INO/c9-1-3-2-17-6(7(10,11)12)4(16)5(3)18-8(13,14)15/h2H,1H2. The van der Waals surface area contributed by atoms with Crippen LogP contribution in [0, 0.1) is 3.57 Å². The molecule has 0 saturated carbocycles. The molecule has 0 atom stereocenters. The van der Waals surface area contributed by atoms with Crippen LogP contribution in [0.25, 0.3) is 0 Å². The van der Waals surface area contributed by atoms with Crippen molar-refractivity contribution in [1.82, 2.24) is 4.98 Å². The molecule has 102 valence electrons. The molecule has 1 heterocycles. The highest BCUT2D eigenvalue weighted by molar-refractivity contribution is 14.1. The fourth-order valence-electron chi connectivity index (χ4n) is 1.03. The van der Waals surface area contributed by atoms with Gasteiger partial charge in [0.15, 0.2) is 11.4 Å². The van der Waals surface area contributed by atoms with Crippen molar-refractivity contribution < 1.29 is 31.1 Å². The first-order valence-electron chi connectivity index (χ1n) is 4.12. The molecule has 0 aliphatic carbocycles. The molecule has 1 aromatic heterocycles. The smallest absolute Gasteiger partial charge is 0.404 e. The predicted octanol–water partition coefficient (Wildman–Crippen LogP) is 4.50. The molecule has 0 bridgehead atoms. The highest BCUT2D eigenvalue weighted by Crippen LogP contribution is 2.39. The number of hydrogen-bond acceptors (Lipinski definition) is 2. The van der Waals surface area contributed by atoms with Crippen molar-refractivity contribution in [3.63, 3.8) is 0 Å². The molecule has 18 heavy (non-hydrogen) atoms. The summed E-state index contributed by atoms with van der Waals surface area (Å²) in [5, 5.41) is -0.112. The molecule has 1 rings (SSSR count). The minimum absolute atomic E-state index is 0.112. The highest BCUT2D eigenvalue weighted by atomic mass is 127. The summed E-state index contributed by atoms with van der Waals surface area (Å²) >= 11 is 3.98. The van der Waals surface area contributed by atoms with Crippen LogP contribution < -0.4 is 4.74 Å². The first-order valence-corrected chi connectivity index (χ1v) is 6.32. The lowest BCUT2D eigenvalue weighted by atomic mass is 10.2. The van der Waals surface area contributed by atoms with Crippen LogP contribution in [-0.2, 0) is 11.5 Å². The summed E-state index contributed by atoms with van der Waals surface area (Å²) in [7, 11) is 0. The van der Waals surface area contributed by atoms with Gasteiger partial charge in [-0.2, -0.15) is 13.2 Å². The molecular weight excluding hydrogens is 447 g/mol. The van der Waals surface area contributed by atoms with Gasteiger partial charge in [0.2, 0.25) is 0 Å². The molecule has 0 aliphatic rings. The Morgan fingerprint density at radius 2 is 1.78 bits per heavy atom. The topological polar surface area (TPSA) is 22.1 Å². The number of alkyl halides is 7. The van der Waals surface area contributed by atoms with Crippen LogP contribution in [0.15, 0.2) is 6.20 Å². The van der Waals surface area contributed by atoms with E-state index in [-0.39, 0.29) is 10.9 Å². The van der Waals surface area contributed by atoms with Gasteiger partial charge in [0.05, 0.1) is 3.57 Å². The van der Waals surface area contributed by atoms with Crippen LogP contribution in [0.3, 0.4) is 0 Å². The van der Waals surface area contributed by atoms with E-state index >= 15 is 0 Å². The second-order valence-electron chi connectivity index (χ2n) is 2.95. The molecule has 0 spiro atoms. The monoisotopic (exact) mass is 449 g/mol. The van der Waals surface area contributed by atoms with Crippen LogP contribution >= 0.6 is 38.5 Å². The first kappa shape index (κ1) is 15.8. The number of nitrogens with zero attached hydrogens (tertiary/aromatic N) is 1. The molecule has 2 nitrogen and oxygen atoms in total. The number of halogens is 8. The predicted molar refractivity (Wildman–Crippen MR) is 61.3 cm³/mol. The van der Waals surface area contributed by atoms with E-state index in [4.69, 9.17) is 0 Å². The van der Waals surface area contributed by atoms with Gasteiger partial charge in [0, 0.05) is 17.1 Å². The Bertz CT molecular complexity index is 446. The van der Waals surface area contributed by atoms with Gasteiger partial charge in [-0.15, -0.1) is 13.2 Å². The molecule has 0 N–H and O–H groups in total. The normalized spacial score (nSPS) is 12.7. The molecule has 10 heteroatoms. The SMILES string of the molecule is FC(F)(F)Oc1c(CBr)cnc(C(F)(F)F)c1I. The summed E-state index contributed by atoms with van der Waals surface area (Å²) < 4.78 is 76.7. The van der Waals surface area contributed by atoms with Gasteiger partial charge in [-0.1, -0.05) is 15.9 Å². The number of rotatable bonds is 2. The summed E-state index contributed by atoms with van der Waals surface area (Å²) in [4.78, 5) is 3.10. The van der Waals surface area contributed by atoms with Crippen molar-refractivity contribution in [3.05, 3.63) is 21.0 Å². The van der Waals surface area contributed by atoms with E-state index in [2.05, 4.69) is 25.7 Å². The third-order valence-corrected chi connectivity index (χ3v) is 3.28. The number of hydrogen-bond donors (Lipinski definition) is 0.